The minimum Gasteiger partial charge on any atom is -0.322 e. The third kappa shape index (κ3) is 4.25. The normalized spacial score (nSPS) is 11.2. The number of hydrogen-bond acceptors (Lipinski definition) is 3. The molecule has 2 rings (SSSR count). The first-order valence-electron chi connectivity index (χ1n) is 5.66. The molecule has 1 amide bonds. The zero-order valence-corrected chi connectivity index (χ0v) is 15.1. The van der Waals surface area contributed by atoms with Crippen LogP contribution in [0.15, 0.2) is 51.8 Å². The molecular formula is C13H10BrIN2O3S. The third-order valence-electron chi connectivity index (χ3n) is 2.58. The number of sulfonamides is 1. The summed E-state index contributed by atoms with van der Waals surface area (Å²) in [6.45, 7) is 0. The summed E-state index contributed by atoms with van der Waals surface area (Å²) in [4.78, 5) is 12.1. The molecule has 3 N–H and O–H groups in total. The molecule has 0 aromatic heterocycles. The van der Waals surface area contributed by atoms with Crippen molar-refractivity contribution in [2.75, 3.05) is 5.32 Å². The molecule has 0 aliphatic rings. The van der Waals surface area contributed by atoms with Crippen LogP contribution in [0.25, 0.3) is 0 Å². The van der Waals surface area contributed by atoms with Crippen molar-refractivity contribution in [3.63, 3.8) is 0 Å². The van der Waals surface area contributed by atoms with Gasteiger partial charge in [-0.1, -0.05) is 6.07 Å². The van der Waals surface area contributed by atoms with Gasteiger partial charge < -0.3 is 5.32 Å². The predicted molar refractivity (Wildman–Crippen MR) is 92.6 cm³/mol. The van der Waals surface area contributed by atoms with E-state index in [4.69, 9.17) is 5.14 Å². The average Bonchev–Trinajstić information content (AvgIpc) is 2.37. The van der Waals surface area contributed by atoms with E-state index in [9.17, 15) is 13.2 Å². The summed E-state index contributed by atoms with van der Waals surface area (Å²) in [5, 5.41) is 7.77. The van der Waals surface area contributed by atoms with Gasteiger partial charge in [0.25, 0.3) is 5.91 Å². The van der Waals surface area contributed by atoms with E-state index in [1.807, 2.05) is 6.07 Å². The number of nitrogens with one attached hydrogen (secondary N) is 1. The van der Waals surface area contributed by atoms with Gasteiger partial charge in [-0.3, -0.25) is 4.79 Å². The molecule has 110 valence electrons. The minimum atomic E-state index is -3.80. The number of nitrogens with two attached hydrogens (primary N) is 1. The van der Waals surface area contributed by atoms with Crippen LogP contribution in [-0.2, 0) is 10.0 Å². The molecule has 0 radical (unpaired) electrons. The van der Waals surface area contributed by atoms with Gasteiger partial charge in [-0.25, -0.2) is 13.6 Å². The highest BCUT2D eigenvalue weighted by Crippen LogP contribution is 2.25. The Morgan fingerprint density at radius 2 is 1.90 bits per heavy atom. The lowest BCUT2D eigenvalue weighted by Gasteiger charge is -2.08. The Morgan fingerprint density at radius 3 is 2.48 bits per heavy atom. The highest BCUT2D eigenvalue weighted by molar-refractivity contribution is 14.1. The molecule has 2 aromatic rings. The zero-order chi connectivity index (χ0) is 15.6. The molecule has 0 bridgehead atoms. The molecule has 5 nitrogen and oxygen atoms in total. The molecule has 0 saturated carbocycles. The van der Waals surface area contributed by atoms with Crippen molar-refractivity contribution in [2.45, 2.75) is 4.90 Å². The van der Waals surface area contributed by atoms with E-state index in [2.05, 4.69) is 43.8 Å². The second kappa shape index (κ2) is 6.42. The van der Waals surface area contributed by atoms with Crippen molar-refractivity contribution in [1.82, 2.24) is 0 Å². The van der Waals surface area contributed by atoms with Gasteiger partial charge in [0.1, 0.15) is 0 Å². The quantitative estimate of drug-likeness (QED) is 0.662. The van der Waals surface area contributed by atoms with Gasteiger partial charge in [-0.05, 0) is 74.9 Å². The van der Waals surface area contributed by atoms with Crippen LogP contribution in [0.3, 0.4) is 0 Å². The maximum absolute atomic E-state index is 12.1. The van der Waals surface area contributed by atoms with Gasteiger partial charge in [0.2, 0.25) is 10.0 Å². The van der Waals surface area contributed by atoms with Gasteiger partial charge in [-0.15, -0.1) is 0 Å². The molecule has 0 unspecified atom stereocenters. The molecule has 0 saturated heterocycles. The number of halogens is 2. The summed E-state index contributed by atoms with van der Waals surface area (Å²) in [5.74, 6) is -0.274. The highest BCUT2D eigenvalue weighted by atomic mass is 127. The van der Waals surface area contributed by atoms with Gasteiger partial charge >= 0.3 is 0 Å². The Morgan fingerprint density at radius 1 is 1.19 bits per heavy atom. The van der Waals surface area contributed by atoms with E-state index in [0.29, 0.717) is 15.7 Å². The zero-order valence-electron chi connectivity index (χ0n) is 10.5. The number of anilines is 1. The fourth-order valence-corrected chi connectivity index (χ4v) is 3.83. The summed E-state index contributed by atoms with van der Waals surface area (Å²) >= 11 is 5.25. The summed E-state index contributed by atoms with van der Waals surface area (Å²) in [6, 6.07) is 11.4. The van der Waals surface area contributed by atoms with Gasteiger partial charge in [0, 0.05) is 19.3 Å². The lowest BCUT2D eigenvalue weighted by atomic mass is 10.2. The molecule has 21 heavy (non-hydrogen) atoms. The molecule has 0 aliphatic heterocycles. The molecule has 0 atom stereocenters. The summed E-state index contributed by atoms with van der Waals surface area (Å²) in [6.07, 6.45) is 0. The molecule has 0 heterocycles. The van der Waals surface area contributed by atoms with Crippen molar-refractivity contribution in [2.24, 2.45) is 5.14 Å². The fraction of sp³-hybridized carbons (Fsp3) is 0. The molecule has 0 spiro atoms. The minimum absolute atomic E-state index is 0.0326. The first-order chi connectivity index (χ1) is 9.77. The molecule has 0 fully saturated rings. The SMILES string of the molecule is NS(=O)(=O)c1ccc(NC(=O)c2cccc(I)c2)cc1Br. The molecule has 0 aliphatic carbocycles. The monoisotopic (exact) mass is 480 g/mol. The second-order valence-electron chi connectivity index (χ2n) is 4.15. The van der Waals surface area contributed by atoms with E-state index >= 15 is 0 Å². The van der Waals surface area contributed by atoms with E-state index in [1.165, 1.54) is 18.2 Å². The number of rotatable bonds is 3. The number of hydrogen-bond donors (Lipinski definition) is 2. The van der Waals surface area contributed by atoms with Crippen molar-refractivity contribution >= 4 is 60.1 Å². The summed E-state index contributed by atoms with van der Waals surface area (Å²) < 4.78 is 23.9. The first-order valence-corrected chi connectivity index (χ1v) is 9.08. The predicted octanol–water partition coefficient (Wildman–Crippen LogP) is 2.95. The molecule has 2 aromatic carbocycles. The number of primary sulfonamides is 1. The van der Waals surface area contributed by atoms with E-state index in [-0.39, 0.29) is 10.8 Å². The maximum Gasteiger partial charge on any atom is 0.255 e. The average molecular weight is 481 g/mol. The lowest BCUT2D eigenvalue weighted by Crippen LogP contribution is -2.14. The Hall–Kier alpha value is -0.970. The van der Waals surface area contributed by atoms with Crippen molar-refractivity contribution in [3.05, 3.63) is 56.1 Å². The maximum atomic E-state index is 12.1. The molecular weight excluding hydrogens is 471 g/mol. The standard InChI is InChI=1S/C13H10BrIN2O3S/c14-11-7-10(4-5-12(11)21(16,19)20)17-13(18)8-2-1-3-9(15)6-8/h1-7H,(H,17,18)(H2,16,19,20). The van der Waals surface area contributed by atoms with E-state index in [1.54, 1.807) is 18.2 Å². The van der Waals surface area contributed by atoms with Crippen LogP contribution < -0.4 is 10.5 Å². The Balaban J connectivity index is 2.25. The lowest BCUT2D eigenvalue weighted by molar-refractivity contribution is 0.102. The Labute approximate surface area is 144 Å². The number of amides is 1. The third-order valence-corrected chi connectivity index (χ3v) is 5.14. The van der Waals surface area contributed by atoms with Crippen LogP contribution in [0.5, 0.6) is 0 Å². The summed E-state index contributed by atoms with van der Waals surface area (Å²) in [7, 11) is -3.80. The van der Waals surface area contributed by atoms with Gasteiger partial charge in [0.05, 0.1) is 4.90 Å². The molecule has 8 heteroatoms. The van der Waals surface area contributed by atoms with E-state index < -0.39 is 10.0 Å². The van der Waals surface area contributed by atoms with Gasteiger partial charge in [-0.2, -0.15) is 0 Å². The van der Waals surface area contributed by atoms with Crippen LogP contribution in [0.4, 0.5) is 5.69 Å². The van der Waals surface area contributed by atoms with Crippen LogP contribution in [-0.4, -0.2) is 14.3 Å². The smallest absolute Gasteiger partial charge is 0.255 e. The van der Waals surface area contributed by atoms with Crippen molar-refractivity contribution in [1.29, 1.82) is 0 Å². The van der Waals surface area contributed by atoms with Crippen LogP contribution in [0.2, 0.25) is 0 Å². The van der Waals surface area contributed by atoms with Crippen molar-refractivity contribution < 1.29 is 13.2 Å². The summed E-state index contributed by atoms with van der Waals surface area (Å²) in [5.41, 5.74) is 0.992. The Kier molecular flexibility index (Phi) is 5.02. The topological polar surface area (TPSA) is 89.3 Å². The van der Waals surface area contributed by atoms with Crippen molar-refractivity contribution in [3.8, 4) is 0 Å². The van der Waals surface area contributed by atoms with Crippen LogP contribution >= 0.6 is 38.5 Å². The fourth-order valence-electron chi connectivity index (χ4n) is 1.64. The van der Waals surface area contributed by atoms with E-state index in [0.717, 1.165) is 3.57 Å². The van der Waals surface area contributed by atoms with Gasteiger partial charge in [0.15, 0.2) is 0 Å². The highest BCUT2D eigenvalue weighted by Gasteiger charge is 2.14. The first kappa shape index (κ1) is 16.4. The number of carbonyl (C=O) groups is 1. The van der Waals surface area contributed by atoms with Crippen LogP contribution in [0, 0.1) is 3.57 Å². The number of benzene rings is 2. The largest absolute Gasteiger partial charge is 0.322 e. The second-order valence-corrected chi connectivity index (χ2v) is 7.78. The number of carbonyl (C=O) groups excluding carboxylic acids is 1. The Bertz CT molecular complexity index is 809. The van der Waals surface area contributed by atoms with Crippen LogP contribution in [0.1, 0.15) is 10.4 Å².